The number of amides is 1. The molecule has 3 rings (SSSR count). The van der Waals surface area contributed by atoms with Crippen molar-refractivity contribution in [3.8, 4) is 0 Å². The summed E-state index contributed by atoms with van der Waals surface area (Å²) in [5.41, 5.74) is 1.07. The number of rotatable bonds is 3. The smallest absolute Gasteiger partial charge is 0.275 e. The van der Waals surface area contributed by atoms with Gasteiger partial charge in [0.15, 0.2) is 5.13 Å². The Labute approximate surface area is 134 Å². The second-order valence-electron chi connectivity index (χ2n) is 4.21. The zero-order valence-electron chi connectivity index (χ0n) is 10.9. The van der Waals surface area contributed by atoms with Crippen molar-refractivity contribution < 1.29 is 4.79 Å². The van der Waals surface area contributed by atoms with Crippen molar-refractivity contribution in [2.75, 3.05) is 5.32 Å². The summed E-state index contributed by atoms with van der Waals surface area (Å²) in [5.74, 6) is -0.263. The van der Waals surface area contributed by atoms with E-state index in [1.807, 2.05) is 6.92 Å². The van der Waals surface area contributed by atoms with Crippen LogP contribution in [0.1, 0.15) is 17.4 Å². The first-order valence-corrected chi connectivity index (χ1v) is 7.75. The molecule has 0 aliphatic rings. The molecule has 0 aliphatic carbocycles. The Morgan fingerprint density at radius 1 is 1.33 bits per heavy atom. The van der Waals surface area contributed by atoms with Crippen LogP contribution >= 0.6 is 34.5 Å². The highest BCUT2D eigenvalue weighted by atomic mass is 35.5. The number of aryl methyl sites for hydroxylation is 1. The highest BCUT2D eigenvalue weighted by Crippen LogP contribution is 2.36. The van der Waals surface area contributed by atoms with E-state index in [2.05, 4.69) is 15.4 Å². The van der Waals surface area contributed by atoms with Crippen LogP contribution in [0.2, 0.25) is 10.0 Å². The number of benzene rings is 1. The van der Waals surface area contributed by atoms with Gasteiger partial charge in [0.05, 0.1) is 14.7 Å². The molecule has 0 spiro atoms. The highest BCUT2D eigenvalue weighted by Gasteiger charge is 2.15. The number of nitrogens with zero attached hydrogens (tertiary/aromatic N) is 3. The molecule has 0 saturated carbocycles. The molecule has 0 fully saturated rings. The molecule has 0 aliphatic heterocycles. The first-order chi connectivity index (χ1) is 10.1. The van der Waals surface area contributed by atoms with Crippen LogP contribution in [0.3, 0.4) is 0 Å². The van der Waals surface area contributed by atoms with Gasteiger partial charge in [-0.3, -0.25) is 14.8 Å². The van der Waals surface area contributed by atoms with Gasteiger partial charge in [-0.1, -0.05) is 34.5 Å². The van der Waals surface area contributed by atoms with Crippen LogP contribution in [0.15, 0.2) is 24.4 Å². The van der Waals surface area contributed by atoms with Crippen LogP contribution in [0.4, 0.5) is 5.13 Å². The number of nitrogens with one attached hydrogen (secondary N) is 1. The summed E-state index contributed by atoms with van der Waals surface area (Å²) in [6.45, 7) is 2.54. The SMILES string of the molecule is CCn1nccc1C(=O)Nc1nc2c(Cl)ccc(Cl)c2s1. The van der Waals surface area contributed by atoms with Gasteiger partial charge in [0.25, 0.3) is 5.91 Å². The van der Waals surface area contributed by atoms with Gasteiger partial charge in [0.2, 0.25) is 0 Å². The largest absolute Gasteiger partial charge is 0.296 e. The number of carbonyl (C=O) groups excluding carboxylic acids is 1. The Kier molecular flexibility index (Phi) is 3.84. The van der Waals surface area contributed by atoms with Gasteiger partial charge < -0.3 is 0 Å². The first-order valence-electron chi connectivity index (χ1n) is 6.18. The average molecular weight is 341 g/mol. The fourth-order valence-electron chi connectivity index (χ4n) is 1.94. The highest BCUT2D eigenvalue weighted by molar-refractivity contribution is 7.23. The van der Waals surface area contributed by atoms with Gasteiger partial charge in [-0.05, 0) is 25.1 Å². The van der Waals surface area contributed by atoms with Crippen molar-refractivity contribution in [3.63, 3.8) is 0 Å². The third-order valence-corrected chi connectivity index (χ3v) is 4.65. The number of aromatic nitrogens is 3. The molecule has 0 radical (unpaired) electrons. The summed E-state index contributed by atoms with van der Waals surface area (Å²) in [6.07, 6.45) is 1.59. The first kappa shape index (κ1) is 14.3. The van der Waals surface area contributed by atoms with Crippen LogP contribution in [-0.4, -0.2) is 20.7 Å². The third kappa shape index (κ3) is 2.62. The van der Waals surface area contributed by atoms with Crippen LogP contribution in [0, 0.1) is 0 Å². The Bertz CT molecular complexity index is 788. The Balaban J connectivity index is 1.93. The van der Waals surface area contributed by atoms with E-state index in [1.54, 1.807) is 29.1 Å². The maximum atomic E-state index is 12.2. The normalized spacial score (nSPS) is 11.0. The molecular weight excluding hydrogens is 331 g/mol. The molecule has 0 atom stereocenters. The van der Waals surface area contributed by atoms with Gasteiger partial charge in [0.1, 0.15) is 11.2 Å². The standard InChI is InChI=1S/C13H10Cl2N4OS/c1-2-19-9(5-6-16-19)12(20)18-13-17-10-7(14)3-4-8(15)11(10)21-13/h3-6H,2H2,1H3,(H,17,18,20). The van der Waals surface area contributed by atoms with Crippen molar-refractivity contribution in [2.45, 2.75) is 13.5 Å². The van der Waals surface area contributed by atoms with E-state index in [-0.39, 0.29) is 5.91 Å². The van der Waals surface area contributed by atoms with Crippen molar-refractivity contribution >= 4 is 55.8 Å². The van der Waals surface area contributed by atoms with Crippen LogP contribution in [-0.2, 0) is 6.54 Å². The Morgan fingerprint density at radius 2 is 2.10 bits per heavy atom. The number of fused-ring (bicyclic) bond motifs is 1. The van der Waals surface area contributed by atoms with E-state index in [0.29, 0.717) is 32.9 Å². The van der Waals surface area contributed by atoms with Gasteiger partial charge in [-0.2, -0.15) is 5.10 Å². The molecule has 2 aromatic heterocycles. The van der Waals surface area contributed by atoms with E-state index < -0.39 is 0 Å². The zero-order valence-corrected chi connectivity index (χ0v) is 13.3. The second kappa shape index (κ2) is 5.63. The van der Waals surface area contributed by atoms with E-state index >= 15 is 0 Å². The summed E-state index contributed by atoms with van der Waals surface area (Å²) in [7, 11) is 0. The molecule has 0 saturated heterocycles. The van der Waals surface area contributed by atoms with Crippen molar-refractivity contribution in [1.82, 2.24) is 14.8 Å². The van der Waals surface area contributed by atoms with E-state index in [1.165, 1.54) is 11.3 Å². The third-order valence-electron chi connectivity index (χ3n) is 2.92. The topological polar surface area (TPSA) is 59.8 Å². The fourth-order valence-corrected chi connectivity index (χ4v) is 3.35. The summed E-state index contributed by atoms with van der Waals surface area (Å²) >= 11 is 13.5. The summed E-state index contributed by atoms with van der Waals surface area (Å²) in [5, 5.41) is 8.34. The minimum Gasteiger partial charge on any atom is -0.296 e. The monoisotopic (exact) mass is 340 g/mol. The number of hydrogen-bond acceptors (Lipinski definition) is 4. The number of halogens is 2. The summed E-state index contributed by atoms with van der Waals surface area (Å²) in [4.78, 5) is 16.5. The lowest BCUT2D eigenvalue weighted by molar-refractivity contribution is 0.101. The average Bonchev–Trinajstić information content (AvgIpc) is 3.09. The quantitative estimate of drug-likeness (QED) is 0.781. The fraction of sp³-hybridized carbons (Fsp3) is 0.154. The molecule has 1 N–H and O–H groups in total. The molecule has 0 unspecified atom stereocenters. The van der Waals surface area contributed by atoms with E-state index in [9.17, 15) is 4.79 Å². The summed E-state index contributed by atoms with van der Waals surface area (Å²) in [6, 6.07) is 5.05. The minimum atomic E-state index is -0.263. The molecule has 1 aromatic carbocycles. The molecule has 0 bridgehead atoms. The van der Waals surface area contributed by atoms with Crippen LogP contribution in [0.25, 0.3) is 10.2 Å². The maximum absolute atomic E-state index is 12.2. The Morgan fingerprint density at radius 3 is 2.81 bits per heavy atom. The lowest BCUT2D eigenvalue weighted by Crippen LogP contribution is -2.17. The zero-order chi connectivity index (χ0) is 15.0. The molecule has 2 heterocycles. The second-order valence-corrected chi connectivity index (χ2v) is 6.03. The minimum absolute atomic E-state index is 0.263. The molecule has 1 amide bonds. The molecule has 108 valence electrons. The van der Waals surface area contributed by atoms with Crippen molar-refractivity contribution in [3.05, 3.63) is 40.1 Å². The molecule has 5 nitrogen and oxygen atoms in total. The predicted molar refractivity (Wildman–Crippen MR) is 85.5 cm³/mol. The summed E-state index contributed by atoms with van der Waals surface area (Å²) < 4.78 is 2.37. The van der Waals surface area contributed by atoms with Crippen molar-refractivity contribution in [1.29, 1.82) is 0 Å². The Hall–Kier alpha value is -1.63. The van der Waals surface area contributed by atoms with Gasteiger partial charge in [-0.25, -0.2) is 4.98 Å². The predicted octanol–water partition coefficient (Wildman–Crippen LogP) is 4.07. The molecule has 21 heavy (non-hydrogen) atoms. The van der Waals surface area contributed by atoms with Crippen LogP contribution < -0.4 is 5.32 Å². The number of hydrogen-bond donors (Lipinski definition) is 1. The molecule has 8 heteroatoms. The van der Waals surface area contributed by atoms with Gasteiger partial charge in [-0.15, -0.1) is 0 Å². The molecule has 3 aromatic rings. The van der Waals surface area contributed by atoms with Crippen LogP contribution in [0.5, 0.6) is 0 Å². The molecular formula is C13H10Cl2N4OS. The van der Waals surface area contributed by atoms with Gasteiger partial charge in [0, 0.05) is 12.7 Å². The lowest BCUT2D eigenvalue weighted by Gasteiger charge is -2.03. The number of anilines is 1. The van der Waals surface area contributed by atoms with E-state index in [0.717, 1.165) is 4.70 Å². The number of thiazole rings is 1. The lowest BCUT2D eigenvalue weighted by atomic mass is 10.3. The van der Waals surface area contributed by atoms with Gasteiger partial charge >= 0.3 is 0 Å². The van der Waals surface area contributed by atoms with Crippen molar-refractivity contribution in [2.24, 2.45) is 0 Å². The number of carbonyl (C=O) groups is 1. The maximum Gasteiger partial charge on any atom is 0.275 e. The van der Waals surface area contributed by atoms with E-state index in [4.69, 9.17) is 23.2 Å².